The summed E-state index contributed by atoms with van der Waals surface area (Å²) >= 11 is 3.24. The van der Waals surface area contributed by atoms with Crippen LogP contribution in [0.1, 0.15) is 26.7 Å². The second kappa shape index (κ2) is 15.4. The number of carbonyl (C=O) groups excluding carboxylic acids is 4. The molecule has 0 aliphatic rings. The van der Waals surface area contributed by atoms with Crippen LogP contribution in [0.25, 0.3) is 0 Å². The quantitative estimate of drug-likeness (QED) is 0.439. The number of rotatable bonds is 8. The van der Waals surface area contributed by atoms with Gasteiger partial charge in [-0.05, 0) is 36.9 Å². The number of amides is 4. The van der Waals surface area contributed by atoms with Crippen molar-refractivity contribution in [3.63, 3.8) is 0 Å². The van der Waals surface area contributed by atoms with E-state index < -0.39 is 23.9 Å². The van der Waals surface area contributed by atoms with Crippen molar-refractivity contribution >= 4 is 47.2 Å². The highest BCUT2D eigenvalue weighted by Gasteiger charge is 2.13. The van der Waals surface area contributed by atoms with Gasteiger partial charge in [0.15, 0.2) is 0 Å². The molecule has 0 radical (unpaired) electrons. The van der Waals surface area contributed by atoms with Crippen molar-refractivity contribution in [2.75, 3.05) is 24.0 Å². The molecule has 0 heterocycles. The monoisotopic (exact) mass is 380 g/mol. The Morgan fingerprint density at radius 3 is 1.29 bits per heavy atom. The highest BCUT2D eigenvalue weighted by atomic mass is 32.2. The van der Waals surface area contributed by atoms with Crippen LogP contribution in [0.4, 0.5) is 0 Å². The lowest BCUT2D eigenvalue weighted by Crippen LogP contribution is -2.42. The standard InChI is InChI=1S/2C7H14N2O2S/c2*1-5(10)9-7(11)6(8)3-4-12-2/h2*6H,3-4,8H2,1-2H3,(H,9,10,11)/t2*6-/m00/s1. The van der Waals surface area contributed by atoms with E-state index in [0.717, 1.165) is 11.5 Å². The fourth-order valence-electron chi connectivity index (χ4n) is 1.28. The largest absolute Gasteiger partial charge is 0.320 e. The fourth-order valence-corrected chi connectivity index (χ4v) is 2.26. The number of carbonyl (C=O) groups is 4. The third-order valence-electron chi connectivity index (χ3n) is 2.54. The first-order chi connectivity index (χ1) is 11.1. The van der Waals surface area contributed by atoms with Crippen molar-refractivity contribution in [3.05, 3.63) is 0 Å². The van der Waals surface area contributed by atoms with E-state index >= 15 is 0 Å². The Labute approximate surface area is 151 Å². The van der Waals surface area contributed by atoms with Gasteiger partial charge < -0.3 is 11.5 Å². The van der Waals surface area contributed by atoms with Crippen LogP contribution in [-0.2, 0) is 19.2 Å². The first-order valence-electron chi connectivity index (χ1n) is 7.27. The molecule has 0 aromatic heterocycles. The van der Waals surface area contributed by atoms with Crippen LogP contribution in [0.5, 0.6) is 0 Å². The lowest BCUT2D eigenvalue weighted by Gasteiger charge is -2.08. The number of nitrogens with one attached hydrogen (secondary N) is 2. The molecule has 0 bridgehead atoms. The third kappa shape index (κ3) is 15.8. The summed E-state index contributed by atoms with van der Waals surface area (Å²) in [5.74, 6) is 0.145. The molecular weight excluding hydrogens is 352 g/mol. The number of nitrogens with two attached hydrogens (primary N) is 2. The Morgan fingerprint density at radius 2 is 1.08 bits per heavy atom. The van der Waals surface area contributed by atoms with Crippen molar-refractivity contribution < 1.29 is 19.2 Å². The van der Waals surface area contributed by atoms with E-state index in [-0.39, 0.29) is 11.8 Å². The molecular formula is C14H28N4O4S2. The van der Waals surface area contributed by atoms with Gasteiger partial charge >= 0.3 is 0 Å². The summed E-state index contributed by atoms with van der Waals surface area (Å²) in [7, 11) is 0. The predicted octanol–water partition coefficient (Wildman–Crippen LogP) is -0.541. The van der Waals surface area contributed by atoms with Gasteiger partial charge in [0.1, 0.15) is 0 Å². The SMILES string of the molecule is CSCC[C@H](N)C(=O)NC(C)=O.CSCC[C@H](N)C(=O)NC(C)=O. The van der Waals surface area contributed by atoms with Crippen LogP contribution in [0.2, 0.25) is 0 Å². The van der Waals surface area contributed by atoms with E-state index in [2.05, 4.69) is 10.6 Å². The van der Waals surface area contributed by atoms with E-state index in [4.69, 9.17) is 11.5 Å². The molecule has 0 aliphatic heterocycles. The molecule has 8 nitrogen and oxygen atoms in total. The minimum atomic E-state index is -0.568. The summed E-state index contributed by atoms with van der Waals surface area (Å²) in [5.41, 5.74) is 10.9. The van der Waals surface area contributed by atoms with Crippen molar-refractivity contribution in [3.8, 4) is 0 Å². The van der Waals surface area contributed by atoms with Crippen molar-refractivity contribution in [1.29, 1.82) is 0 Å². The van der Waals surface area contributed by atoms with Crippen LogP contribution in [0, 0.1) is 0 Å². The summed E-state index contributed by atoms with van der Waals surface area (Å²) in [6.45, 7) is 2.58. The van der Waals surface area contributed by atoms with Crippen LogP contribution < -0.4 is 22.1 Å². The van der Waals surface area contributed by atoms with Gasteiger partial charge in [0.25, 0.3) is 0 Å². The minimum Gasteiger partial charge on any atom is -0.320 e. The molecule has 0 spiro atoms. The Bertz CT molecular complexity index is 384. The fraction of sp³-hybridized carbons (Fsp3) is 0.714. The van der Waals surface area contributed by atoms with Gasteiger partial charge in [-0.3, -0.25) is 29.8 Å². The Kier molecular flexibility index (Phi) is 16.2. The van der Waals surface area contributed by atoms with Crippen LogP contribution in [0.3, 0.4) is 0 Å². The molecule has 0 saturated carbocycles. The first-order valence-corrected chi connectivity index (χ1v) is 10.1. The van der Waals surface area contributed by atoms with Gasteiger partial charge in [0.2, 0.25) is 23.6 Å². The topological polar surface area (TPSA) is 144 Å². The van der Waals surface area contributed by atoms with E-state index in [9.17, 15) is 19.2 Å². The van der Waals surface area contributed by atoms with Crippen molar-refractivity contribution in [1.82, 2.24) is 10.6 Å². The van der Waals surface area contributed by atoms with Gasteiger partial charge in [0.05, 0.1) is 12.1 Å². The maximum atomic E-state index is 11.0. The maximum absolute atomic E-state index is 11.0. The molecule has 4 amide bonds. The zero-order valence-electron chi connectivity index (χ0n) is 14.6. The minimum absolute atomic E-state index is 0.361. The van der Waals surface area contributed by atoms with E-state index in [1.54, 1.807) is 23.5 Å². The molecule has 0 saturated heterocycles. The summed E-state index contributed by atoms with van der Waals surface area (Å²) in [6.07, 6.45) is 5.08. The molecule has 140 valence electrons. The van der Waals surface area contributed by atoms with Gasteiger partial charge in [0, 0.05) is 13.8 Å². The molecule has 0 aromatic carbocycles. The predicted molar refractivity (Wildman–Crippen MR) is 99.6 cm³/mol. The summed E-state index contributed by atoms with van der Waals surface area (Å²) in [4.78, 5) is 42.9. The molecule has 24 heavy (non-hydrogen) atoms. The average Bonchev–Trinajstić information content (AvgIpc) is 2.49. The number of hydrogen-bond acceptors (Lipinski definition) is 8. The maximum Gasteiger partial charge on any atom is 0.243 e. The van der Waals surface area contributed by atoms with Crippen LogP contribution >= 0.6 is 23.5 Å². The molecule has 0 unspecified atom stereocenters. The number of hydrogen-bond donors (Lipinski definition) is 4. The van der Waals surface area contributed by atoms with E-state index in [0.29, 0.717) is 12.8 Å². The van der Waals surface area contributed by atoms with Gasteiger partial charge in [-0.2, -0.15) is 23.5 Å². The van der Waals surface area contributed by atoms with E-state index in [1.807, 2.05) is 12.5 Å². The molecule has 6 N–H and O–H groups in total. The smallest absolute Gasteiger partial charge is 0.243 e. The van der Waals surface area contributed by atoms with E-state index in [1.165, 1.54) is 13.8 Å². The normalized spacial score (nSPS) is 12.2. The highest BCUT2D eigenvalue weighted by Crippen LogP contribution is 1.98. The Hall–Kier alpha value is -1.10. The molecule has 0 aromatic rings. The molecule has 0 aliphatic carbocycles. The third-order valence-corrected chi connectivity index (χ3v) is 3.83. The Balaban J connectivity index is 0. The lowest BCUT2D eigenvalue weighted by atomic mass is 10.2. The van der Waals surface area contributed by atoms with Crippen molar-refractivity contribution in [2.24, 2.45) is 11.5 Å². The van der Waals surface area contributed by atoms with Crippen molar-refractivity contribution in [2.45, 2.75) is 38.8 Å². The van der Waals surface area contributed by atoms with Gasteiger partial charge in [-0.25, -0.2) is 0 Å². The molecule has 10 heteroatoms. The van der Waals surface area contributed by atoms with Gasteiger partial charge in [-0.15, -0.1) is 0 Å². The van der Waals surface area contributed by atoms with Gasteiger partial charge in [-0.1, -0.05) is 0 Å². The second-order valence-electron chi connectivity index (χ2n) is 4.87. The summed E-state index contributed by atoms with van der Waals surface area (Å²) in [5, 5.41) is 4.28. The Morgan fingerprint density at radius 1 is 0.792 bits per heavy atom. The molecule has 0 rings (SSSR count). The zero-order chi connectivity index (χ0) is 19.1. The number of imide groups is 2. The molecule has 0 fully saturated rings. The number of thioether (sulfide) groups is 2. The first kappa shape index (κ1) is 25.1. The second-order valence-corrected chi connectivity index (χ2v) is 6.84. The van der Waals surface area contributed by atoms with Crippen LogP contribution in [0.15, 0.2) is 0 Å². The summed E-state index contributed by atoms with van der Waals surface area (Å²) < 4.78 is 0. The average molecular weight is 381 g/mol. The summed E-state index contributed by atoms with van der Waals surface area (Å²) in [6, 6.07) is -1.14. The van der Waals surface area contributed by atoms with Crippen LogP contribution in [-0.4, -0.2) is 59.7 Å². The molecule has 2 atom stereocenters. The highest BCUT2D eigenvalue weighted by molar-refractivity contribution is 7.98. The zero-order valence-corrected chi connectivity index (χ0v) is 16.2. The lowest BCUT2D eigenvalue weighted by molar-refractivity contribution is -0.131.